The van der Waals surface area contributed by atoms with Crippen LogP contribution in [0.2, 0.25) is 0 Å². The highest BCUT2D eigenvalue weighted by Gasteiger charge is 2.24. The Hall–Kier alpha value is -0.650. The molecule has 0 bridgehead atoms. The van der Waals surface area contributed by atoms with Gasteiger partial charge in [-0.3, -0.25) is 9.69 Å². The summed E-state index contributed by atoms with van der Waals surface area (Å²) in [6, 6.07) is -0.231. The summed E-state index contributed by atoms with van der Waals surface area (Å²) in [7, 11) is 0. The van der Waals surface area contributed by atoms with Crippen LogP contribution in [-0.4, -0.2) is 62.4 Å². The molecule has 1 aliphatic heterocycles. The Kier molecular flexibility index (Phi) is 6.47. The second-order valence-electron chi connectivity index (χ2n) is 4.30. The normalized spacial score (nSPS) is 23.4. The summed E-state index contributed by atoms with van der Waals surface area (Å²) >= 11 is 0. The van der Waals surface area contributed by atoms with Gasteiger partial charge in [-0.1, -0.05) is 6.92 Å². The maximum Gasteiger partial charge on any atom is 0.324 e. The number of carbonyl (C=O) groups excluding carboxylic acids is 1. The van der Waals surface area contributed by atoms with Crippen LogP contribution in [-0.2, 0) is 14.3 Å². The molecular weight excluding hydrogens is 220 g/mol. The van der Waals surface area contributed by atoms with Gasteiger partial charge in [-0.05, 0) is 20.4 Å². The van der Waals surface area contributed by atoms with Gasteiger partial charge in [0.1, 0.15) is 6.04 Å². The Bertz CT molecular complexity index is 236. The third kappa shape index (κ3) is 5.02. The van der Waals surface area contributed by atoms with Gasteiger partial charge in [0.25, 0.3) is 0 Å². The second kappa shape index (κ2) is 7.63. The SMILES string of the molecule is CCNC(CN1CCOC(C)C1)C(=O)OCC. The van der Waals surface area contributed by atoms with Crippen molar-refractivity contribution in [3.63, 3.8) is 0 Å². The Morgan fingerprint density at radius 3 is 2.94 bits per heavy atom. The fourth-order valence-corrected chi connectivity index (χ4v) is 2.03. The average Bonchev–Trinajstić information content (AvgIpc) is 2.29. The molecule has 0 aromatic heterocycles. The van der Waals surface area contributed by atoms with E-state index in [1.807, 2.05) is 13.8 Å². The number of morpholine rings is 1. The standard InChI is InChI=1S/C12H24N2O3/c1-4-13-11(12(15)16-5-2)9-14-6-7-17-10(3)8-14/h10-11,13H,4-9H2,1-3H3. The summed E-state index contributed by atoms with van der Waals surface area (Å²) in [6.07, 6.45) is 0.244. The highest BCUT2D eigenvalue weighted by molar-refractivity contribution is 5.76. The Morgan fingerprint density at radius 2 is 2.35 bits per heavy atom. The number of nitrogens with one attached hydrogen (secondary N) is 1. The van der Waals surface area contributed by atoms with Crippen molar-refractivity contribution in [2.24, 2.45) is 0 Å². The van der Waals surface area contributed by atoms with Crippen LogP contribution in [0.25, 0.3) is 0 Å². The van der Waals surface area contributed by atoms with Crippen molar-refractivity contribution in [2.45, 2.75) is 32.9 Å². The summed E-state index contributed by atoms with van der Waals surface area (Å²) < 4.78 is 10.5. The van der Waals surface area contributed by atoms with E-state index in [0.29, 0.717) is 13.2 Å². The topological polar surface area (TPSA) is 50.8 Å². The van der Waals surface area contributed by atoms with Gasteiger partial charge in [0.2, 0.25) is 0 Å². The summed E-state index contributed by atoms with van der Waals surface area (Å²) in [5, 5.41) is 3.17. The smallest absolute Gasteiger partial charge is 0.324 e. The summed E-state index contributed by atoms with van der Waals surface area (Å²) in [5.74, 6) is -0.159. The van der Waals surface area contributed by atoms with Gasteiger partial charge in [-0.2, -0.15) is 0 Å². The molecular formula is C12H24N2O3. The zero-order chi connectivity index (χ0) is 12.7. The second-order valence-corrected chi connectivity index (χ2v) is 4.30. The third-order valence-electron chi connectivity index (χ3n) is 2.79. The van der Waals surface area contributed by atoms with E-state index in [-0.39, 0.29) is 18.1 Å². The van der Waals surface area contributed by atoms with Gasteiger partial charge in [-0.15, -0.1) is 0 Å². The van der Waals surface area contributed by atoms with E-state index in [9.17, 15) is 4.79 Å². The molecule has 1 N–H and O–H groups in total. The molecule has 5 heteroatoms. The van der Waals surface area contributed by atoms with Crippen molar-refractivity contribution in [1.29, 1.82) is 0 Å². The molecule has 0 amide bonds. The molecule has 1 heterocycles. The van der Waals surface area contributed by atoms with Gasteiger partial charge >= 0.3 is 5.97 Å². The predicted octanol–water partition coefficient (Wildman–Crippen LogP) is 0.248. The van der Waals surface area contributed by atoms with Gasteiger partial charge in [0.05, 0.1) is 19.3 Å². The minimum Gasteiger partial charge on any atom is -0.465 e. The lowest BCUT2D eigenvalue weighted by Gasteiger charge is -2.33. The van der Waals surface area contributed by atoms with Crippen LogP contribution in [0.1, 0.15) is 20.8 Å². The number of nitrogens with zero attached hydrogens (tertiary/aromatic N) is 1. The number of rotatable bonds is 6. The Labute approximate surface area is 103 Å². The van der Waals surface area contributed by atoms with E-state index >= 15 is 0 Å². The number of ether oxygens (including phenoxy) is 2. The monoisotopic (exact) mass is 244 g/mol. The van der Waals surface area contributed by atoms with Crippen LogP contribution in [0.3, 0.4) is 0 Å². The lowest BCUT2D eigenvalue weighted by atomic mass is 10.2. The van der Waals surface area contributed by atoms with Crippen LogP contribution in [0, 0.1) is 0 Å². The number of esters is 1. The lowest BCUT2D eigenvalue weighted by Crippen LogP contribution is -2.51. The first kappa shape index (κ1) is 14.4. The molecule has 0 aliphatic carbocycles. The van der Waals surface area contributed by atoms with Crippen molar-refractivity contribution in [1.82, 2.24) is 10.2 Å². The van der Waals surface area contributed by atoms with E-state index in [0.717, 1.165) is 26.2 Å². The molecule has 0 aromatic carbocycles. The number of hydrogen-bond donors (Lipinski definition) is 1. The van der Waals surface area contributed by atoms with Gasteiger partial charge in [0, 0.05) is 19.6 Å². The lowest BCUT2D eigenvalue weighted by molar-refractivity contribution is -0.146. The number of carbonyl (C=O) groups is 1. The molecule has 1 aliphatic rings. The molecule has 2 unspecified atom stereocenters. The fourth-order valence-electron chi connectivity index (χ4n) is 2.03. The predicted molar refractivity (Wildman–Crippen MR) is 66.0 cm³/mol. The van der Waals surface area contributed by atoms with Crippen molar-refractivity contribution >= 4 is 5.97 Å². The van der Waals surface area contributed by atoms with E-state index < -0.39 is 0 Å². The van der Waals surface area contributed by atoms with Crippen LogP contribution < -0.4 is 5.32 Å². The fraction of sp³-hybridized carbons (Fsp3) is 0.917. The van der Waals surface area contributed by atoms with Crippen LogP contribution >= 0.6 is 0 Å². The molecule has 1 fully saturated rings. The third-order valence-corrected chi connectivity index (χ3v) is 2.79. The van der Waals surface area contributed by atoms with Crippen LogP contribution in [0.5, 0.6) is 0 Å². The quantitative estimate of drug-likeness (QED) is 0.679. The minimum atomic E-state index is -0.231. The van der Waals surface area contributed by atoms with Crippen molar-refractivity contribution in [3.8, 4) is 0 Å². The number of hydrogen-bond acceptors (Lipinski definition) is 5. The highest BCUT2D eigenvalue weighted by atomic mass is 16.5. The first-order valence-electron chi connectivity index (χ1n) is 6.41. The minimum absolute atomic E-state index is 0.159. The first-order valence-corrected chi connectivity index (χ1v) is 6.41. The average molecular weight is 244 g/mol. The largest absolute Gasteiger partial charge is 0.465 e. The zero-order valence-electron chi connectivity index (χ0n) is 11.1. The van der Waals surface area contributed by atoms with Crippen molar-refractivity contribution in [3.05, 3.63) is 0 Å². The molecule has 1 rings (SSSR count). The Morgan fingerprint density at radius 1 is 1.59 bits per heavy atom. The van der Waals surface area contributed by atoms with Crippen molar-refractivity contribution in [2.75, 3.05) is 39.4 Å². The molecule has 0 aromatic rings. The van der Waals surface area contributed by atoms with E-state index in [2.05, 4.69) is 17.1 Å². The molecule has 1 saturated heterocycles. The van der Waals surface area contributed by atoms with Crippen LogP contribution in [0.15, 0.2) is 0 Å². The summed E-state index contributed by atoms with van der Waals surface area (Å²) in [4.78, 5) is 14.0. The van der Waals surface area contributed by atoms with E-state index in [1.54, 1.807) is 0 Å². The molecule has 0 radical (unpaired) electrons. The van der Waals surface area contributed by atoms with Crippen molar-refractivity contribution < 1.29 is 14.3 Å². The Balaban J connectivity index is 2.44. The molecule has 2 atom stereocenters. The first-order chi connectivity index (χ1) is 8.17. The number of likely N-dealkylation sites (N-methyl/N-ethyl adjacent to an activating group) is 1. The van der Waals surface area contributed by atoms with Gasteiger partial charge in [0.15, 0.2) is 0 Å². The molecule has 5 nitrogen and oxygen atoms in total. The molecule has 0 saturated carbocycles. The van der Waals surface area contributed by atoms with Gasteiger partial charge in [-0.25, -0.2) is 0 Å². The highest BCUT2D eigenvalue weighted by Crippen LogP contribution is 2.05. The molecule has 100 valence electrons. The van der Waals surface area contributed by atoms with Crippen LogP contribution in [0.4, 0.5) is 0 Å². The van der Waals surface area contributed by atoms with E-state index in [4.69, 9.17) is 9.47 Å². The maximum absolute atomic E-state index is 11.7. The molecule has 0 spiro atoms. The van der Waals surface area contributed by atoms with Gasteiger partial charge < -0.3 is 14.8 Å². The maximum atomic E-state index is 11.7. The zero-order valence-corrected chi connectivity index (χ0v) is 11.1. The summed E-state index contributed by atoms with van der Waals surface area (Å²) in [6.45, 7) is 10.3. The molecule has 17 heavy (non-hydrogen) atoms. The van der Waals surface area contributed by atoms with E-state index in [1.165, 1.54) is 0 Å². The summed E-state index contributed by atoms with van der Waals surface area (Å²) in [5.41, 5.74) is 0.